The molecule has 1 aliphatic heterocycles. The van der Waals surface area contributed by atoms with E-state index < -0.39 is 0 Å². The molecule has 0 radical (unpaired) electrons. The number of pyridine rings is 1. The van der Waals surface area contributed by atoms with Crippen LogP contribution in [-0.2, 0) is 0 Å². The molecule has 3 rings (SSSR count). The first kappa shape index (κ1) is 13.3. The first-order valence-electron chi connectivity index (χ1n) is 7.40. The molecule has 0 aliphatic carbocycles. The lowest BCUT2D eigenvalue weighted by molar-refractivity contribution is 0.0857. The van der Waals surface area contributed by atoms with Crippen molar-refractivity contribution in [2.45, 2.75) is 38.1 Å². The van der Waals surface area contributed by atoms with Gasteiger partial charge in [0.05, 0.1) is 11.1 Å². The first-order valence-corrected chi connectivity index (χ1v) is 7.40. The average molecular weight is 268 g/mol. The third-order valence-corrected chi connectivity index (χ3v) is 4.21. The van der Waals surface area contributed by atoms with Crippen molar-refractivity contribution >= 4 is 16.7 Å². The van der Waals surface area contributed by atoms with Crippen molar-refractivity contribution in [2.75, 3.05) is 6.54 Å². The van der Waals surface area contributed by atoms with Crippen molar-refractivity contribution < 1.29 is 4.79 Å². The summed E-state index contributed by atoms with van der Waals surface area (Å²) in [6.07, 6.45) is 5.65. The van der Waals surface area contributed by atoms with Gasteiger partial charge in [-0.2, -0.15) is 0 Å². The highest BCUT2D eigenvalue weighted by atomic mass is 16.1. The molecule has 0 amide bonds. The van der Waals surface area contributed by atoms with Crippen molar-refractivity contribution in [1.82, 2.24) is 10.3 Å². The van der Waals surface area contributed by atoms with Crippen LogP contribution in [-0.4, -0.2) is 22.9 Å². The Hall–Kier alpha value is -1.74. The number of fused-ring (bicyclic) bond motifs is 1. The molecule has 3 nitrogen and oxygen atoms in total. The second-order valence-corrected chi connectivity index (χ2v) is 5.61. The maximum atomic E-state index is 12.9. The van der Waals surface area contributed by atoms with Crippen molar-refractivity contribution in [3.05, 3.63) is 42.1 Å². The SMILES string of the molecule is CCCC1(C(=O)c2cnc3ccccc3c2)CCCN1. The predicted octanol–water partition coefficient (Wildman–Crippen LogP) is 3.34. The van der Waals surface area contributed by atoms with Gasteiger partial charge in [-0.15, -0.1) is 0 Å². The number of ketones is 1. The van der Waals surface area contributed by atoms with Gasteiger partial charge >= 0.3 is 0 Å². The molecule has 2 aromatic rings. The molecule has 20 heavy (non-hydrogen) atoms. The zero-order valence-corrected chi connectivity index (χ0v) is 11.9. The number of rotatable bonds is 4. The Morgan fingerprint density at radius 2 is 2.25 bits per heavy atom. The summed E-state index contributed by atoms with van der Waals surface area (Å²) in [5, 5.41) is 4.47. The maximum absolute atomic E-state index is 12.9. The largest absolute Gasteiger partial charge is 0.305 e. The Morgan fingerprint density at radius 3 is 3.00 bits per heavy atom. The summed E-state index contributed by atoms with van der Waals surface area (Å²) in [4.78, 5) is 17.3. The topological polar surface area (TPSA) is 42.0 Å². The highest BCUT2D eigenvalue weighted by Crippen LogP contribution is 2.29. The lowest BCUT2D eigenvalue weighted by atomic mass is 9.84. The van der Waals surface area contributed by atoms with Gasteiger partial charge in [-0.1, -0.05) is 31.5 Å². The fourth-order valence-electron chi connectivity index (χ4n) is 3.23. The number of aromatic nitrogens is 1. The van der Waals surface area contributed by atoms with Crippen LogP contribution in [0.25, 0.3) is 10.9 Å². The van der Waals surface area contributed by atoms with Gasteiger partial charge < -0.3 is 5.32 Å². The smallest absolute Gasteiger partial charge is 0.184 e. The molecule has 1 unspecified atom stereocenters. The quantitative estimate of drug-likeness (QED) is 0.865. The molecule has 0 saturated carbocycles. The Kier molecular flexibility index (Phi) is 3.53. The van der Waals surface area contributed by atoms with Gasteiger partial charge in [0.25, 0.3) is 0 Å². The molecule has 3 heteroatoms. The number of hydrogen-bond acceptors (Lipinski definition) is 3. The lowest BCUT2D eigenvalue weighted by Gasteiger charge is -2.27. The van der Waals surface area contributed by atoms with E-state index in [4.69, 9.17) is 0 Å². The van der Waals surface area contributed by atoms with Crippen molar-refractivity contribution in [3.63, 3.8) is 0 Å². The zero-order valence-electron chi connectivity index (χ0n) is 11.9. The highest BCUT2D eigenvalue weighted by Gasteiger charge is 2.40. The number of para-hydroxylation sites is 1. The lowest BCUT2D eigenvalue weighted by Crippen LogP contribution is -2.47. The molecular weight excluding hydrogens is 248 g/mol. The second kappa shape index (κ2) is 5.33. The van der Waals surface area contributed by atoms with Crippen LogP contribution in [0.4, 0.5) is 0 Å². The number of nitrogens with one attached hydrogen (secondary N) is 1. The summed E-state index contributed by atoms with van der Waals surface area (Å²) >= 11 is 0. The van der Waals surface area contributed by atoms with Crippen LogP contribution >= 0.6 is 0 Å². The van der Waals surface area contributed by atoms with Gasteiger partial charge in [0.2, 0.25) is 0 Å². The molecule has 0 spiro atoms. The fraction of sp³-hybridized carbons (Fsp3) is 0.412. The van der Waals surface area contributed by atoms with E-state index in [2.05, 4.69) is 17.2 Å². The monoisotopic (exact) mass is 268 g/mol. The molecule has 1 aromatic carbocycles. The minimum absolute atomic E-state index is 0.204. The normalized spacial score (nSPS) is 22.2. The number of carbonyl (C=O) groups is 1. The van der Waals surface area contributed by atoms with E-state index in [-0.39, 0.29) is 11.3 Å². The third kappa shape index (κ3) is 2.22. The molecule has 1 atom stereocenters. The molecule has 1 aliphatic rings. The molecule has 0 bridgehead atoms. The fourth-order valence-corrected chi connectivity index (χ4v) is 3.23. The Bertz CT molecular complexity index is 630. The van der Waals surface area contributed by atoms with E-state index in [1.807, 2.05) is 30.3 Å². The van der Waals surface area contributed by atoms with Crippen molar-refractivity contribution in [1.29, 1.82) is 0 Å². The number of carbonyl (C=O) groups excluding carboxylic acids is 1. The van der Waals surface area contributed by atoms with Crippen LogP contribution in [0.5, 0.6) is 0 Å². The second-order valence-electron chi connectivity index (χ2n) is 5.61. The summed E-state index contributed by atoms with van der Waals surface area (Å²) in [6, 6.07) is 9.90. The van der Waals surface area contributed by atoms with E-state index in [1.54, 1.807) is 6.20 Å². The highest BCUT2D eigenvalue weighted by molar-refractivity contribution is 6.05. The van der Waals surface area contributed by atoms with E-state index in [0.717, 1.165) is 48.7 Å². The van der Waals surface area contributed by atoms with Crippen molar-refractivity contribution in [3.8, 4) is 0 Å². The molecule has 1 saturated heterocycles. The molecule has 1 fully saturated rings. The van der Waals surface area contributed by atoms with Gasteiger partial charge in [-0.05, 0) is 37.9 Å². The minimum atomic E-state index is -0.362. The Labute approximate surface area is 119 Å². The number of benzene rings is 1. The summed E-state index contributed by atoms with van der Waals surface area (Å²) in [6.45, 7) is 3.07. The van der Waals surface area contributed by atoms with Crippen molar-refractivity contribution in [2.24, 2.45) is 0 Å². The maximum Gasteiger partial charge on any atom is 0.184 e. The molecule has 1 aromatic heterocycles. The average Bonchev–Trinajstić information content (AvgIpc) is 2.96. The standard InChI is InChI=1S/C17H20N2O/c1-2-8-17(9-5-10-19-17)16(20)14-11-13-6-3-4-7-15(13)18-12-14/h3-4,6-7,11-12,19H,2,5,8-10H2,1H3. The van der Waals surface area contributed by atoms with E-state index in [0.29, 0.717) is 0 Å². The van der Waals surface area contributed by atoms with Gasteiger partial charge in [0.1, 0.15) is 0 Å². The van der Waals surface area contributed by atoms with Gasteiger partial charge in [0, 0.05) is 17.1 Å². The summed E-state index contributed by atoms with van der Waals surface area (Å²) in [7, 11) is 0. The van der Waals surface area contributed by atoms with Crippen LogP contribution in [0.3, 0.4) is 0 Å². The van der Waals surface area contributed by atoms with Crippen LogP contribution in [0.2, 0.25) is 0 Å². The van der Waals surface area contributed by atoms with Crippen LogP contribution in [0.1, 0.15) is 43.0 Å². The summed E-state index contributed by atoms with van der Waals surface area (Å²) < 4.78 is 0. The minimum Gasteiger partial charge on any atom is -0.305 e. The van der Waals surface area contributed by atoms with Gasteiger partial charge in [-0.25, -0.2) is 0 Å². The van der Waals surface area contributed by atoms with E-state index in [9.17, 15) is 4.79 Å². The third-order valence-electron chi connectivity index (χ3n) is 4.21. The van der Waals surface area contributed by atoms with Crippen LogP contribution in [0.15, 0.2) is 36.5 Å². The zero-order chi connectivity index (χ0) is 14.0. The van der Waals surface area contributed by atoms with Gasteiger partial charge in [-0.3, -0.25) is 9.78 Å². The summed E-state index contributed by atoms with van der Waals surface area (Å²) in [5.74, 6) is 0.204. The summed E-state index contributed by atoms with van der Waals surface area (Å²) in [5.41, 5.74) is 1.30. The Balaban J connectivity index is 1.98. The number of hydrogen-bond donors (Lipinski definition) is 1. The van der Waals surface area contributed by atoms with E-state index in [1.165, 1.54) is 0 Å². The molecule has 104 valence electrons. The van der Waals surface area contributed by atoms with Gasteiger partial charge in [0.15, 0.2) is 5.78 Å². The molecular formula is C17H20N2O. The van der Waals surface area contributed by atoms with E-state index >= 15 is 0 Å². The molecule has 2 heterocycles. The Morgan fingerprint density at radius 1 is 1.40 bits per heavy atom. The first-order chi connectivity index (χ1) is 9.75. The number of Topliss-reactive ketones (excluding diaryl/α,β-unsaturated/α-hetero) is 1. The van der Waals surface area contributed by atoms with Crippen LogP contribution < -0.4 is 5.32 Å². The molecule has 1 N–H and O–H groups in total. The predicted molar refractivity (Wildman–Crippen MR) is 80.9 cm³/mol. The number of nitrogens with zero attached hydrogens (tertiary/aromatic N) is 1. The van der Waals surface area contributed by atoms with Crippen LogP contribution in [0, 0.1) is 0 Å².